The van der Waals surface area contributed by atoms with Crippen LogP contribution < -0.4 is 5.32 Å². The maximum Gasteiger partial charge on any atom is 0.422 e. The van der Waals surface area contributed by atoms with E-state index in [4.69, 9.17) is 5.11 Å². The van der Waals surface area contributed by atoms with E-state index >= 15 is 0 Å². The molecule has 0 spiro atoms. The largest absolute Gasteiger partial charge is 0.479 e. The smallest absolute Gasteiger partial charge is 0.422 e. The van der Waals surface area contributed by atoms with E-state index in [1.807, 2.05) is 11.9 Å². The molecule has 0 aromatic rings. The predicted molar refractivity (Wildman–Crippen MR) is 68.9 cm³/mol. The van der Waals surface area contributed by atoms with Crippen LogP contribution in [0.4, 0.5) is 18.0 Å². The molecule has 6 nitrogen and oxygen atoms in total. The Morgan fingerprint density at radius 3 is 2.38 bits per heavy atom. The number of halogens is 3. The third-order valence-corrected chi connectivity index (χ3v) is 3.82. The maximum atomic E-state index is 12.9. The maximum absolute atomic E-state index is 12.9. The lowest BCUT2D eigenvalue weighted by atomic mass is 10.0. The first-order valence-electron chi connectivity index (χ1n) is 6.52. The number of nitrogens with zero attached hydrogens (tertiary/aromatic N) is 2. The highest BCUT2D eigenvalue weighted by atomic mass is 19.4. The molecule has 2 amide bonds. The number of likely N-dealkylation sites (N-methyl/N-ethyl adjacent to an activating group) is 2. The molecule has 0 bridgehead atoms. The fourth-order valence-corrected chi connectivity index (χ4v) is 2.17. The van der Waals surface area contributed by atoms with Crippen LogP contribution in [0, 0.1) is 0 Å². The minimum Gasteiger partial charge on any atom is -0.479 e. The summed E-state index contributed by atoms with van der Waals surface area (Å²) in [6.07, 6.45) is -3.59. The lowest BCUT2D eigenvalue weighted by molar-refractivity contribution is -0.203. The summed E-state index contributed by atoms with van der Waals surface area (Å²) in [5.74, 6) is -2.14. The molecule has 2 unspecified atom stereocenters. The van der Waals surface area contributed by atoms with Crippen LogP contribution in [0.2, 0.25) is 0 Å². The molecule has 0 radical (unpaired) electrons. The SMILES string of the molecule is CN1CCCC(N(C)C(=O)NC(C)(C(=O)O)C(F)(F)F)C1. The highest BCUT2D eigenvalue weighted by Gasteiger charge is 2.58. The molecule has 21 heavy (non-hydrogen) atoms. The molecule has 1 rings (SSSR count). The average Bonchev–Trinajstić information content (AvgIpc) is 2.36. The number of amides is 2. The zero-order chi connectivity index (χ0) is 16.4. The first-order chi connectivity index (χ1) is 9.49. The number of carboxylic acids is 1. The van der Waals surface area contributed by atoms with Crippen molar-refractivity contribution in [2.75, 3.05) is 27.2 Å². The summed E-state index contributed by atoms with van der Waals surface area (Å²) >= 11 is 0. The van der Waals surface area contributed by atoms with Crippen LogP contribution in [0.1, 0.15) is 19.8 Å². The first kappa shape index (κ1) is 17.5. The number of nitrogens with one attached hydrogen (secondary N) is 1. The number of piperidine rings is 1. The van der Waals surface area contributed by atoms with Crippen LogP contribution >= 0.6 is 0 Å². The van der Waals surface area contributed by atoms with Gasteiger partial charge in [0.05, 0.1) is 0 Å². The number of carbonyl (C=O) groups excluding carboxylic acids is 1. The van der Waals surface area contributed by atoms with Crippen LogP contribution in [0.15, 0.2) is 0 Å². The van der Waals surface area contributed by atoms with E-state index < -0.39 is 23.7 Å². The Bertz CT molecular complexity index is 416. The fourth-order valence-electron chi connectivity index (χ4n) is 2.17. The lowest BCUT2D eigenvalue weighted by Crippen LogP contribution is -2.65. The van der Waals surface area contributed by atoms with Crippen molar-refractivity contribution in [2.24, 2.45) is 0 Å². The Kier molecular flexibility index (Phi) is 5.08. The van der Waals surface area contributed by atoms with Gasteiger partial charge in [0.2, 0.25) is 5.54 Å². The normalized spacial score (nSPS) is 23.2. The topological polar surface area (TPSA) is 72.9 Å². The van der Waals surface area contributed by atoms with E-state index in [1.54, 1.807) is 5.32 Å². The minimum absolute atomic E-state index is 0.241. The summed E-state index contributed by atoms with van der Waals surface area (Å²) in [5, 5.41) is 10.4. The van der Waals surface area contributed by atoms with Crippen LogP contribution in [0.5, 0.6) is 0 Å². The van der Waals surface area contributed by atoms with Gasteiger partial charge >= 0.3 is 18.2 Å². The van der Waals surface area contributed by atoms with E-state index in [2.05, 4.69) is 0 Å². The molecule has 1 aliphatic rings. The predicted octanol–water partition coefficient (Wildman–Crippen LogP) is 1.13. The number of likely N-dealkylation sites (tertiary alicyclic amines) is 1. The van der Waals surface area contributed by atoms with E-state index in [9.17, 15) is 22.8 Å². The van der Waals surface area contributed by atoms with E-state index in [1.165, 1.54) is 7.05 Å². The van der Waals surface area contributed by atoms with Crippen LogP contribution in [0.3, 0.4) is 0 Å². The standard InChI is InChI=1S/C12H20F3N3O3/c1-11(9(19)20,12(13,14)15)16-10(21)18(3)8-5-4-6-17(2)7-8/h8H,4-7H2,1-3H3,(H,16,21)(H,19,20). The van der Waals surface area contributed by atoms with Crippen molar-refractivity contribution in [3.05, 3.63) is 0 Å². The summed E-state index contributed by atoms with van der Waals surface area (Å²) in [7, 11) is 3.23. The van der Waals surface area contributed by atoms with Crippen LogP contribution in [-0.2, 0) is 4.79 Å². The number of carbonyl (C=O) groups is 2. The summed E-state index contributed by atoms with van der Waals surface area (Å²) in [4.78, 5) is 26.0. The van der Waals surface area contributed by atoms with Crippen LogP contribution in [-0.4, -0.2) is 71.8 Å². The van der Waals surface area contributed by atoms with Gasteiger partial charge in [-0.1, -0.05) is 0 Å². The average molecular weight is 311 g/mol. The molecular weight excluding hydrogens is 291 g/mol. The number of hydrogen-bond acceptors (Lipinski definition) is 3. The van der Waals surface area contributed by atoms with Gasteiger partial charge in [-0.15, -0.1) is 0 Å². The highest BCUT2D eigenvalue weighted by Crippen LogP contribution is 2.30. The molecule has 2 N–H and O–H groups in total. The number of hydrogen-bond donors (Lipinski definition) is 2. The van der Waals surface area contributed by atoms with Crippen molar-refractivity contribution in [1.29, 1.82) is 0 Å². The third kappa shape index (κ3) is 3.78. The number of aliphatic carboxylic acids is 1. The molecule has 1 heterocycles. The van der Waals surface area contributed by atoms with Crippen LogP contribution in [0.25, 0.3) is 0 Å². The summed E-state index contributed by atoms with van der Waals surface area (Å²) in [6, 6.07) is -1.28. The van der Waals surface area contributed by atoms with Crippen molar-refractivity contribution in [3.63, 3.8) is 0 Å². The van der Waals surface area contributed by atoms with E-state index in [-0.39, 0.29) is 6.04 Å². The number of carboxylic acid groups (broad SMARTS) is 1. The van der Waals surface area contributed by atoms with Gasteiger partial charge in [-0.2, -0.15) is 13.2 Å². The minimum atomic E-state index is -5.08. The fraction of sp³-hybridized carbons (Fsp3) is 0.833. The second-order valence-corrected chi connectivity index (χ2v) is 5.53. The van der Waals surface area contributed by atoms with Gasteiger partial charge < -0.3 is 20.2 Å². The van der Waals surface area contributed by atoms with Gasteiger partial charge in [0.25, 0.3) is 0 Å². The van der Waals surface area contributed by atoms with Gasteiger partial charge in [-0.3, -0.25) is 0 Å². The number of rotatable bonds is 3. The second-order valence-electron chi connectivity index (χ2n) is 5.53. The van der Waals surface area contributed by atoms with Gasteiger partial charge in [0.1, 0.15) is 0 Å². The number of urea groups is 1. The summed E-state index contributed by atoms with van der Waals surface area (Å²) in [6.45, 7) is 1.84. The molecule has 9 heteroatoms. The Morgan fingerprint density at radius 1 is 1.38 bits per heavy atom. The van der Waals surface area contributed by atoms with E-state index in [0.29, 0.717) is 19.9 Å². The molecule has 2 atom stereocenters. The molecule has 0 aromatic carbocycles. The highest BCUT2D eigenvalue weighted by molar-refractivity contribution is 5.86. The third-order valence-electron chi connectivity index (χ3n) is 3.82. The second kappa shape index (κ2) is 6.08. The summed E-state index contributed by atoms with van der Waals surface area (Å²) < 4.78 is 38.6. The van der Waals surface area contributed by atoms with Crippen molar-refractivity contribution < 1.29 is 27.9 Å². The Morgan fingerprint density at radius 2 is 1.95 bits per heavy atom. The summed E-state index contributed by atoms with van der Waals surface area (Å²) in [5.41, 5.74) is -3.31. The van der Waals surface area contributed by atoms with Crippen molar-refractivity contribution in [2.45, 2.75) is 37.5 Å². The zero-order valence-electron chi connectivity index (χ0n) is 12.2. The molecule has 1 saturated heterocycles. The molecule has 0 aliphatic carbocycles. The van der Waals surface area contributed by atoms with Crippen molar-refractivity contribution in [3.8, 4) is 0 Å². The Balaban J connectivity index is 2.80. The van der Waals surface area contributed by atoms with E-state index in [0.717, 1.165) is 17.9 Å². The quantitative estimate of drug-likeness (QED) is 0.819. The van der Waals surface area contributed by atoms with Gasteiger partial charge in [0.15, 0.2) is 0 Å². The zero-order valence-corrected chi connectivity index (χ0v) is 12.2. The Labute approximate surface area is 120 Å². The van der Waals surface area contributed by atoms with Crippen molar-refractivity contribution in [1.82, 2.24) is 15.1 Å². The van der Waals surface area contributed by atoms with Gasteiger partial charge in [-0.05, 0) is 33.4 Å². The Hall–Kier alpha value is -1.51. The first-order valence-corrected chi connectivity index (χ1v) is 6.52. The molecule has 1 aliphatic heterocycles. The van der Waals surface area contributed by atoms with Gasteiger partial charge in [0, 0.05) is 19.6 Å². The molecule has 0 saturated carbocycles. The molecule has 1 fully saturated rings. The number of alkyl halides is 3. The molecular formula is C12H20F3N3O3. The lowest BCUT2D eigenvalue weighted by Gasteiger charge is -2.37. The monoisotopic (exact) mass is 311 g/mol. The van der Waals surface area contributed by atoms with Gasteiger partial charge in [-0.25, -0.2) is 9.59 Å². The van der Waals surface area contributed by atoms with Crippen molar-refractivity contribution >= 4 is 12.0 Å². The molecule has 122 valence electrons. The molecule has 0 aromatic heterocycles.